The Morgan fingerprint density at radius 1 is 0.967 bits per heavy atom. The average molecular weight is 407 g/mol. The lowest BCUT2D eigenvalue weighted by molar-refractivity contribution is -0.138. The number of nitrogens with zero attached hydrogens (tertiary/aromatic N) is 2. The van der Waals surface area contributed by atoms with Crippen molar-refractivity contribution in [2.75, 3.05) is 13.1 Å². The molecule has 2 N–H and O–H groups in total. The number of amides is 1. The molecule has 0 spiro atoms. The van der Waals surface area contributed by atoms with Crippen LogP contribution in [0.15, 0.2) is 36.7 Å². The minimum absolute atomic E-state index is 0.150. The van der Waals surface area contributed by atoms with Crippen molar-refractivity contribution < 1.29 is 4.79 Å². The molecule has 160 valence electrons. The molecule has 1 amide bonds. The summed E-state index contributed by atoms with van der Waals surface area (Å²) in [6.45, 7) is 2.69. The summed E-state index contributed by atoms with van der Waals surface area (Å²) in [5, 5.41) is 10.5. The maximum absolute atomic E-state index is 13.5. The fourth-order valence-electron chi connectivity index (χ4n) is 5.54. The first-order valence-corrected chi connectivity index (χ1v) is 11.9. The third-order valence-electron chi connectivity index (χ3n) is 7.46. The largest absolute Gasteiger partial charge is 0.335 e. The van der Waals surface area contributed by atoms with Crippen molar-refractivity contribution >= 4 is 5.91 Å². The highest BCUT2D eigenvalue weighted by molar-refractivity contribution is 5.80. The molecule has 2 heterocycles. The summed E-state index contributed by atoms with van der Waals surface area (Å²) in [6, 6.07) is 9.04. The van der Waals surface area contributed by atoms with Crippen molar-refractivity contribution in [2.24, 2.45) is 17.8 Å². The van der Waals surface area contributed by atoms with Gasteiger partial charge >= 0.3 is 0 Å². The number of aromatic nitrogens is 2. The Bertz CT molecular complexity index is 821. The van der Waals surface area contributed by atoms with Crippen molar-refractivity contribution in [2.45, 2.75) is 64.0 Å². The van der Waals surface area contributed by atoms with E-state index in [1.807, 2.05) is 12.4 Å². The Labute approximate surface area is 179 Å². The van der Waals surface area contributed by atoms with Gasteiger partial charge in [-0.05, 0) is 48.8 Å². The SMILES string of the molecule is O=C(C1CNCC(C2CCCCC2)C1)N(Cc1ccc(-c2cn[nH]c2)cc1)C1CC1. The van der Waals surface area contributed by atoms with Crippen LogP contribution in [0.2, 0.25) is 0 Å². The number of carbonyl (C=O) groups excluding carboxylic acids is 1. The van der Waals surface area contributed by atoms with E-state index in [1.165, 1.54) is 37.7 Å². The second-order valence-electron chi connectivity index (χ2n) is 9.63. The van der Waals surface area contributed by atoms with E-state index in [4.69, 9.17) is 0 Å². The van der Waals surface area contributed by atoms with Crippen LogP contribution >= 0.6 is 0 Å². The molecule has 0 radical (unpaired) electrons. The van der Waals surface area contributed by atoms with Gasteiger partial charge < -0.3 is 10.2 Å². The van der Waals surface area contributed by atoms with Gasteiger partial charge in [0.05, 0.1) is 12.1 Å². The molecule has 1 aliphatic heterocycles. The van der Waals surface area contributed by atoms with Gasteiger partial charge in [-0.15, -0.1) is 0 Å². The van der Waals surface area contributed by atoms with Gasteiger partial charge in [0.15, 0.2) is 0 Å². The van der Waals surface area contributed by atoms with Crippen molar-refractivity contribution in [3.63, 3.8) is 0 Å². The molecule has 1 aromatic carbocycles. The summed E-state index contributed by atoms with van der Waals surface area (Å²) in [5.74, 6) is 2.04. The van der Waals surface area contributed by atoms with Gasteiger partial charge in [-0.1, -0.05) is 56.4 Å². The number of piperidine rings is 1. The van der Waals surface area contributed by atoms with E-state index in [0.29, 0.717) is 17.9 Å². The lowest BCUT2D eigenvalue weighted by Crippen LogP contribution is -2.47. The molecule has 2 aliphatic carbocycles. The minimum Gasteiger partial charge on any atom is -0.335 e. The van der Waals surface area contributed by atoms with Crippen molar-refractivity contribution in [1.82, 2.24) is 20.4 Å². The first-order chi connectivity index (χ1) is 14.8. The smallest absolute Gasteiger partial charge is 0.227 e. The molecule has 5 nitrogen and oxygen atoms in total. The quantitative estimate of drug-likeness (QED) is 0.749. The molecule has 30 heavy (non-hydrogen) atoms. The van der Waals surface area contributed by atoms with Crippen LogP contribution in [0.25, 0.3) is 11.1 Å². The molecule has 2 unspecified atom stereocenters. The predicted molar refractivity (Wildman–Crippen MR) is 119 cm³/mol. The first kappa shape index (κ1) is 19.8. The Morgan fingerprint density at radius 2 is 1.77 bits per heavy atom. The third kappa shape index (κ3) is 4.46. The maximum Gasteiger partial charge on any atom is 0.227 e. The van der Waals surface area contributed by atoms with Crippen molar-refractivity contribution in [1.29, 1.82) is 0 Å². The number of H-pyrrole nitrogens is 1. The van der Waals surface area contributed by atoms with E-state index < -0.39 is 0 Å². The van der Waals surface area contributed by atoms with E-state index in [9.17, 15) is 4.79 Å². The topological polar surface area (TPSA) is 61.0 Å². The number of rotatable bonds is 6. The van der Waals surface area contributed by atoms with Gasteiger partial charge in [-0.3, -0.25) is 9.89 Å². The third-order valence-corrected chi connectivity index (χ3v) is 7.46. The minimum atomic E-state index is 0.150. The number of carbonyl (C=O) groups is 1. The summed E-state index contributed by atoms with van der Waals surface area (Å²) in [5.41, 5.74) is 3.47. The summed E-state index contributed by atoms with van der Waals surface area (Å²) < 4.78 is 0. The number of nitrogens with one attached hydrogen (secondary N) is 2. The Kier molecular flexibility index (Phi) is 5.89. The van der Waals surface area contributed by atoms with Crippen molar-refractivity contribution in [3.8, 4) is 11.1 Å². The second-order valence-corrected chi connectivity index (χ2v) is 9.63. The number of hydrogen-bond donors (Lipinski definition) is 2. The standard InChI is InChI=1S/C25H34N4O/c30-25(22-12-21(13-26-14-22)19-4-2-1-3-5-19)29(24-10-11-24)17-18-6-8-20(9-7-18)23-15-27-28-16-23/h6-9,15-16,19,21-22,24,26H,1-5,10-14,17H2,(H,27,28). The van der Waals surface area contributed by atoms with Crippen LogP contribution < -0.4 is 5.32 Å². The van der Waals surface area contributed by atoms with Gasteiger partial charge in [0.2, 0.25) is 5.91 Å². The molecule has 0 bridgehead atoms. The fraction of sp³-hybridized carbons (Fsp3) is 0.600. The molecule has 3 aliphatic rings. The molecule has 1 aromatic heterocycles. The highest BCUT2D eigenvalue weighted by Crippen LogP contribution is 2.36. The lowest BCUT2D eigenvalue weighted by atomic mass is 9.74. The van der Waals surface area contributed by atoms with E-state index in [2.05, 4.69) is 44.7 Å². The number of benzene rings is 1. The van der Waals surface area contributed by atoms with Crippen LogP contribution in [0.1, 0.15) is 56.9 Å². The van der Waals surface area contributed by atoms with E-state index >= 15 is 0 Å². The Hall–Kier alpha value is -2.14. The molecular weight excluding hydrogens is 372 g/mol. The monoisotopic (exact) mass is 406 g/mol. The molecule has 2 atom stereocenters. The number of hydrogen-bond acceptors (Lipinski definition) is 3. The zero-order chi connectivity index (χ0) is 20.3. The second kappa shape index (κ2) is 8.93. The van der Waals surface area contributed by atoms with Crippen LogP contribution in [0.4, 0.5) is 0 Å². The highest BCUT2D eigenvalue weighted by atomic mass is 16.2. The molecule has 2 saturated carbocycles. The summed E-state index contributed by atoms with van der Waals surface area (Å²) >= 11 is 0. The van der Waals surface area contributed by atoms with Gasteiger partial charge in [-0.2, -0.15) is 5.10 Å². The average Bonchev–Trinajstić information content (AvgIpc) is 3.51. The molecule has 5 heteroatoms. The van der Waals surface area contributed by atoms with Gasteiger partial charge in [0.25, 0.3) is 0 Å². The van der Waals surface area contributed by atoms with Crippen LogP contribution in [0.3, 0.4) is 0 Å². The van der Waals surface area contributed by atoms with Crippen LogP contribution in [0, 0.1) is 17.8 Å². The van der Waals surface area contributed by atoms with Crippen molar-refractivity contribution in [3.05, 3.63) is 42.2 Å². The van der Waals surface area contributed by atoms with Gasteiger partial charge in [0, 0.05) is 30.9 Å². The van der Waals surface area contributed by atoms with E-state index in [0.717, 1.165) is 55.9 Å². The summed E-state index contributed by atoms with van der Waals surface area (Å²) in [6.07, 6.45) is 14.0. The zero-order valence-electron chi connectivity index (χ0n) is 17.9. The van der Waals surface area contributed by atoms with Gasteiger partial charge in [-0.25, -0.2) is 0 Å². The van der Waals surface area contributed by atoms with Gasteiger partial charge in [0.1, 0.15) is 0 Å². The van der Waals surface area contributed by atoms with E-state index in [1.54, 1.807) is 0 Å². The molecular formula is C25H34N4O. The summed E-state index contributed by atoms with van der Waals surface area (Å²) in [7, 11) is 0. The Morgan fingerprint density at radius 3 is 2.47 bits per heavy atom. The molecule has 2 aromatic rings. The maximum atomic E-state index is 13.5. The highest BCUT2D eigenvalue weighted by Gasteiger charge is 2.39. The molecule has 1 saturated heterocycles. The van der Waals surface area contributed by atoms with Crippen LogP contribution in [-0.2, 0) is 11.3 Å². The lowest BCUT2D eigenvalue weighted by Gasteiger charge is -2.38. The fourth-order valence-corrected chi connectivity index (χ4v) is 5.54. The van der Waals surface area contributed by atoms with Crippen LogP contribution in [0.5, 0.6) is 0 Å². The normalized spacial score (nSPS) is 25.2. The molecule has 3 fully saturated rings. The van der Waals surface area contributed by atoms with Crippen LogP contribution in [-0.4, -0.2) is 40.1 Å². The Balaban J connectivity index is 1.24. The predicted octanol–water partition coefficient (Wildman–Crippen LogP) is 4.37. The van der Waals surface area contributed by atoms with E-state index in [-0.39, 0.29) is 5.92 Å². The molecule has 5 rings (SSSR count). The zero-order valence-corrected chi connectivity index (χ0v) is 17.9. The number of aromatic amines is 1. The summed E-state index contributed by atoms with van der Waals surface area (Å²) in [4.78, 5) is 15.7. The first-order valence-electron chi connectivity index (χ1n) is 11.9.